The average molecular weight is 478 g/mol. The quantitative estimate of drug-likeness (QED) is 0.437. The smallest absolute Gasteiger partial charge is 0.387 e. The molecule has 0 amide bonds. The van der Waals surface area contributed by atoms with Crippen molar-refractivity contribution in [1.82, 2.24) is 19.6 Å². The molecule has 3 N–H and O–H groups in total. The van der Waals surface area contributed by atoms with Gasteiger partial charge in [0.2, 0.25) is 5.95 Å². The predicted octanol–water partition coefficient (Wildman–Crippen LogP) is 5.77. The van der Waals surface area contributed by atoms with Gasteiger partial charge in [0.15, 0.2) is 23.0 Å². The number of ether oxygens (including phenoxy) is 1. The van der Waals surface area contributed by atoms with Gasteiger partial charge in [-0.25, -0.2) is 14.4 Å². The number of hydrogen-bond acceptors (Lipinski definition) is 6. The van der Waals surface area contributed by atoms with Crippen molar-refractivity contribution in [2.45, 2.75) is 71.1 Å². The molecule has 1 aliphatic rings. The summed E-state index contributed by atoms with van der Waals surface area (Å²) in [5.41, 5.74) is 6.48. The molecule has 0 bridgehead atoms. The second-order valence-electron chi connectivity index (χ2n) is 9.09. The molecule has 7 nitrogen and oxygen atoms in total. The maximum atomic E-state index is 14.3. The van der Waals surface area contributed by atoms with E-state index in [1.54, 1.807) is 12.2 Å². The molecule has 4 atom stereocenters. The van der Waals surface area contributed by atoms with Crippen LogP contribution in [0.15, 0.2) is 24.3 Å². The number of rotatable bonds is 6. The number of phenolic OH excluding ortho intramolecular Hbond substituents is 1. The van der Waals surface area contributed by atoms with E-state index in [9.17, 15) is 18.3 Å². The van der Waals surface area contributed by atoms with E-state index >= 15 is 0 Å². The van der Waals surface area contributed by atoms with Gasteiger partial charge in [0.25, 0.3) is 0 Å². The van der Waals surface area contributed by atoms with E-state index in [4.69, 9.17) is 10.7 Å². The van der Waals surface area contributed by atoms with Crippen molar-refractivity contribution in [1.29, 1.82) is 0 Å². The molecule has 0 aliphatic heterocycles. The molecule has 10 heteroatoms. The Labute approximate surface area is 195 Å². The molecular formula is C24H30F3N5O2. The van der Waals surface area contributed by atoms with Gasteiger partial charge < -0.3 is 15.6 Å². The number of aromatic hydroxyl groups is 1. The highest BCUT2D eigenvalue weighted by Gasteiger charge is 2.29. The molecule has 2 aromatic heterocycles. The molecule has 0 spiro atoms. The van der Waals surface area contributed by atoms with Crippen LogP contribution >= 0.6 is 0 Å². The zero-order chi connectivity index (χ0) is 24.4. The van der Waals surface area contributed by atoms with Gasteiger partial charge in [-0.1, -0.05) is 38.3 Å². The highest BCUT2D eigenvalue weighted by Crippen LogP contribution is 2.39. The van der Waals surface area contributed by atoms with Gasteiger partial charge in [-0.2, -0.15) is 13.3 Å². The average Bonchev–Trinajstić information content (AvgIpc) is 3.22. The molecule has 1 saturated carbocycles. The molecule has 0 radical (unpaired) electrons. The summed E-state index contributed by atoms with van der Waals surface area (Å²) in [4.78, 5) is 8.88. The number of fused-ring (bicyclic) bond motifs is 3. The van der Waals surface area contributed by atoms with Crippen LogP contribution in [-0.4, -0.2) is 37.5 Å². The third-order valence-corrected chi connectivity index (χ3v) is 6.77. The van der Waals surface area contributed by atoms with Crippen LogP contribution in [0, 0.1) is 11.8 Å². The lowest BCUT2D eigenvalue weighted by Crippen LogP contribution is -2.21. The van der Waals surface area contributed by atoms with Crippen LogP contribution < -0.4 is 10.5 Å². The number of allylic oxidation sites excluding steroid dienone is 2. The van der Waals surface area contributed by atoms with E-state index < -0.39 is 18.5 Å². The number of phenols is 1. The summed E-state index contributed by atoms with van der Waals surface area (Å²) in [7, 11) is 0. The van der Waals surface area contributed by atoms with Gasteiger partial charge in [0.05, 0.1) is 0 Å². The van der Waals surface area contributed by atoms with Crippen molar-refractivity contribution in [2.24, 2.45) is 11.8 Å². The number of nitrogens with two attached hydrogens (primary N) is 1. The molecule has 0 saturated heterocycles. The number of hydrogen-bond donors (Lipinski definition) is 2. The fourth-order valence-electron chi connectivity index (χ4n) is 5.04. The molecular weight excluding hydrogens is 447 g/mol. The molecule has 1 fully saturated rings. The van der Waals surface area contributed by atoms with Crippen molar-refractivity contribution in [3.8, 4) is 11.5 Å². The van der Waals surface area contributed by atoms with E-state index in [0.717, 1.165) is 32.1 Å². The lowest BCUT2D eigenvalue weighted by molar-refractivity contribution is -0.0511. The second-order valence-corrected chi connectivity index (χ2v) is 9.09. The Morgan fingerprint density at radius 3 is 2.74 bits per heavy atom. The van der Waals surface area contributed by atoms with Gasteiger partial charge in [-0.05, 0) is 50.2 Å². The summed E-state index contributed by atoms with van der Waals surface area (Å²) < 4.78 is 45.3. The summed E-state index contributed by atoms with van der Waals surface area (Å²) in [6.07, 6.45) is 7.70. The topological polar surface area (TPSA) is 98.6 Å². The van der Waals surface area contributed by atoms with Crippen molar-refractivity contribution in [3.63, 3.8) is 0 Å². The van der Waals surface area contributed by atoms with E-state index in [2.05, 4.69) is 21.7 Å². The third kappa shape index (κ3) is 4.90. The van der Waals surface area contributed by atoms with Crippen LogP contribution in [0.5, 0.6) is 11.5 Å². The first-order chi connectivity index (χ1) is 16.3. The lowest BCUT2D eigenvalue weighted by Gasteiger charge is -2.30. The van der Waals surface area contributed by atoms with Gasteiger partial charge in [-0.3, -0.25) is 0 Å². The van der Waals surface area contributed by atoms with Crippen LogP contribution in [0.3, 0.4) is 0 Å². The van der Waals surface area contributed by atoms with Gasteiger partial charge in [0.1, 0.15) is 11.7 Å². The summed E-state index contributed by atoms with van der Waals surface area (Å²) in [5, 5.41) is 15.4. The highest BCUT2D eigenvalue weighted by molar-refractivity contribution is 5.97. The van der Waals surface area contributed by atoms with Gasteiger partial charge in [-0.15, -0.1) is 5.10 Å². The molecule has 1 aromatic carbocycles. The van der Waals surface area contributed by atoms with Crippen molar-refractivity contribution < 1.29 is 23.0 Å². The number of anilines is 1. The number of alkyl halides is 3. The van der Waals surface area contributed by atoms with Crippen LogP contribution in [-0.2, 0) is 0 Å². The summed E-state index contributed by atoms with van der Waals surface area (Å²) in [6.45, 7) is 0.908. The first-order valence-electron chi connectivity index (χ1n) is 11.7. The third-order valence-electron chi connectivity index (χ3n) is 6.77. The van der Waals surface area contributed by atoms with E-state index in [1.165, 1.54) is 16.6 Å². The number of nitrogens with zero attached hydrogens (tertiary/aromatic N) is 4. The summed E-state index contributed by atoms with van der Waals surface area (Å²) in [5.74, 6) is 0.333. The molecule has 184 valence electrons. The Kier molecular flexibility index (Phi) is 7.13. The molecule has 1 aliphatic carbocycles. The number of halogens is 3. The Morgan fingerprint density at radius 1 is 1.24 bits per heavy atom. The standard InChI is InChI=1S/C24H30F3N5O2/c1-3-6-16(25)12-14-7-4-5-8-15(11-13(14)2)21-30-22-17-9-10-18(34-23(26)27)20(33)19(17)29-24(28)32(22)31-21/h3,6,9-10,13-16,23,33H,4-5,7-8,11-12H2,1-2H3,(H2,28,29). The molecule has 4 unspecified atom stereocenters. The largest absolute Gasteiger partial charge is 0.503 e. The number of benzene rings is 1. The fraction of sp³-hybridized carbons (Fsp3) is 0.542. The SMILES string of the molecule is CC=CC(F)CC1CCCCC(c2nc3c4ccc(OC(F)F)c(O)c4nc(N)n3n2)CC1C. The van der Waals surface area contributed by atoms with E-state index in [1.807, 2.05) is 6.92 Å². The van der Waals surface area contributed by atoms with Crippen LogP contribution in [0.2, 0.25) is 0 Å². The predicted molar refractivity (Wildman–Crippen MR) is 124 cm³/mol. The minimum atomic E-state index is -3.08. The zero-order valence-corrected chi connectivity index (χ0v) is 19.3. The first-order valence-corrected chi connectivity index (χ1v) is 11.7. The minimum Gasteiger partial charge on any atom is -0.503 e. The fourth-order valence-corrected chi connectivity index (χ4v) is 5.04. The maximum Gasteiger partial charge on any atom is 0.387 e. The van der Waals surface area contributed by atoms with Crippen LogP contribution in [0.1, 0.15) is 64.1 Å². The Balaban J connectivity index is 1.66. The zero-order valence-electron chi connectivity index (χ0n) is 19.3. The van der Waals surface area contributed by atoms with Crippen LogP contribution in [0.4, 0.5) is 19.1 Å². The minimum absolute atomic E-state index is 0.0193. The Hall–Kier alpha value is -3.04. The van der Waals surface area contributed by atoms with Crippen molar-refractivity contribution in [2.75, 3.05) is 5.73 Å². The maximum absolute atomic E-state index is 14.3. The molecule has 4 rings (SSSR count). The first kappa shape index (κ1) is 24.1. The molecule has 2 heterocycles. The van der Waals surface area contributed by atoms with Crippen molar-refractivity contribution >= 4 is 22.5 Å². The summed E-state index contributed by atoms with van der Waals surface area (Å²) >= 11 is 0. The lowest BCUT2D eigenvalue weighted by atomic mass is 9.76. The number of nitrogen functional groups attached to an aromatic ring is 1. The summed E-state index contributed by atoms with van der Waals surface area (Å²) in [6, 6.07) is 2.75. The van der Waals surface area contributed by atoms with Crippen LogP contribution in [0.25, 0.3) is 16.6 Å². The normalized spacial score (nSPS) is 22.9. The highest BCUT2D eigenvalue weighted by atomic mass is 19.3. The Morgan fingerprint density at radius 2 is 2.00 bits per heavy atom. The van der Waals surface area contributed by atoms with E-state index in [0.29, 0.717) is 29.2 Å². The van der Waals surface area contributed by atoms with Crippen molar-refractivity contribution in [3.05, 3.63) is 30.1 Å². The van der Waals surface area contributed by atoms with Gasteiger partial charge >= 0.3 is 6.61 Å². The van der Waals surface area contributed by atoms with Gasteiger partial charge in [0, 0.05) is 11.3 Å². The van der Waals surface area contributed by atoms with E-state index in [-0.39, 0.29) is 29.1 Å². The number of aromatic nitrogens is 4. The second kappa shape index (κ2) is 10.1. The molecule has 3 aromatic rings. The monoisotopic (exact) mass is 477 g/mol. The Bertz CT molecular complexity index is 1180. The molecule has 34 heavy (non-hydrogen) atoms.